The summed E-state index contributed by atoms with van der Waals surface area (Å²) in [6.07, 6.45) is 0.325. The molecule has 6 nitrogen and oxygen atoms in total. The van der Waals surface area contributed by atoms with Gasteiger partial charge in [-0.05, 0) is 29.8 Å². The van der Waals surface area contributed by atoms with Gasteiger partial charge in [-0.1, -0.05) is 24.3 Å². The first-order chi connectivity index (χ1) is 13.5. The Hall–Kier alpha value is -3.22. The molecule has 1 saturated heterocycles. The molecule has 1 aromatic heterocycles. The highest BCUT2D eigenvalue weighted by Gasteiger charge is 2.34. The minimum atomic E-state index is -0.364. The molecule has 0 N–H and O–H groups in total. The summed E-state index contributed by atoms with van der Waals surface area (Å²) in [5.41, 5.74) is 2.50. The maximum atomic E-state index is 13.1. The number of rotatable bonds is 5. The molecule has 0 aliphatic carbocycles. The zero-order chi connectivity index (χ0) is 19.7. The van der Waals surface area contributed by atoms with Gasteiger partial charge in [0, 0.05) is 25.4 Å². The zero-order valence-electron chi connectivity index (χ0n) is 15.5. The van der Waals surface area contributed by atoms with Crippen molar-refractivity contribution in [2.24, 2.45) is 0 Å². The molecule has 0 unspecified atom stereocenters. The standard InChI is InChI=1S/C21H20FN3O3/c1-28-20(27)13-25-18-5-3-2-4-17(18)23-21(25)15-10-19(26)24(12-15)11-14-6-8-16(22)9-7-14/h2-9,15H,10-13H2,1H3/t15-/m1/s1. The van der Waals surface area contributed by atoms with Crippen molar-refractivity contribution in [1.82, 2.24) is 14.5 Å². The number of fused-ring (bicyclic) bond motifs is 1. The second-order valence-electron chi connectivity index (χ2n) is 6.92. The molecule has 1 atom stereocenters. The first-order valence-electron chi connectivity index (χ1n) is 9.09. The molecular formula is C21H20FN3O3. The van der Waals surface area contributed by atoms with E-state index in [1.54, 1.807) is 17.0 Å². The van der Waals surface area contributed by atoms with Crippen LogP contribution in [0.4, 0.5) is 4.39 Å². The molecule has 1 aliphatic rings. The van der Waals surface area contributed by atoms with E-state index >= 15 is 0 Å². The molecule has 1 aliphatic heterocycles. The number of carbonyl (C=O) groups excluding carboxylic acids is 2. The highest BCUT2D eigenvalue weighted by atomic mass is 19.1. The lowest BCUT2D eigenvalue weighted by atomic mass is 10.1. The van der Waals surface area contributed by atoms with Crippen LogP contribution in [0.5, 0.6) is 0 Å². The summed E-state index contributed by atoms with van der Waals surface area (Å²) >= 11 is 0. The van der Waals surface area contributed by atoms with Crippen molar-refractivity contribution in [1.29, 1.82) is 0 Å². The van der Waals surface area contributed by atoms with Crippen LogP contribution in [0.3, 0.4) is 0 Å². The van der Waals surface area contributed by atoms with Gasteiger partial charge in [0.25, 0.3) is 0 Å². The Balaban J connectivity index is 1.61. The van der Waals surface area contributed by atoms with Gasteiger partial charge in [0.05, 0.1) is 18.1 Å². The largest absolute Gasteiger partial charge is 0.468 e. The molecule has 2 heterocycles. The van der Waals surface area contributed by atoms with Crippen LogP contribution in [0.1, 0.15) is 23.7 Å². The van der Waals surface area contributed by atoms with E-state index in [9.17, 15) is 14.0 Å². The third-order valence-corrected chi connectivity index (χ3v) is 5.07. The maximum absolute atomic E-state index is 13.1. The van der Waals surface area contributed by atoms with Crippen LogP contribution in [0, 0.1) is 5.82 Å². The first kappa shape index (κ1) is 18.2. The fourth-order valence-corrected chi connectivity index (χ4v) is 3.67. The average Bonchev–Trinajstić information content (AvgIpc) is 3.24. The molecule has 3 aromatic rings. The van der Waals surface area contributed by atoms with Crippen LogP contribution in [0.15, 0.2) is 48.5 Å². The van der Waals surface area contributed by atoms with Gasteiger partial charge < -0.3 is 14.2 Å². The quantitative estimate of drug-likeness (QED) is 0.638. The Morgan fingerprint density at radius 2 is 1.96 bits per heavy atom. The normalized spacial score (nSPS) is 16.7. The molecule has 0 spiro atoms. The number of aromatic nitrogens is 2. The van der Waals surface area contributed by atoms with Crippen LogP contribution in [0.2, 0.25) is 0 Å². The van der Waals surface area contributed by atoms with E-state index in [1.807, 2.05) is 28.8 Å². The van der Waals surface area contributed by atoms with E-state index in [1.165, 1.54) is 19.2 Å². The van der Waals surface area contributed by atoms with E-state index in [4.69, 9.17) is 9.72 Å². The fourth-order valence-electron chi connectivity index (χ4n) is 3.67. The number of ether oxygens (including phenoxy) is 1. The van der Waals surface area contributed by atoms with E-state index < -0.39 is 0 Å². The lowest BCUT2D eigenvalue weighted by Crippen LogP contribution is -2.24. The number of likely N-dealkylation sites (tertiary alicyclic amines) is 1. The number of methoxy groups -OCH3 is 1. The van der Waals surface area contributed by atoms with E-state index in [0.717, 1.165) is 16.6 Å². The number of imidazole rings is 1. The third kappa shape index (κ3) is 3.47. The number of benzene rings is 2. The van der Waals surface area contributed by atoms with Gasteiger partial charge in [-0.25, -0.2) is 9.37 Å². The Labute approximate surface area is 161 Å². The summed E-state index contributed by atoms with van der Waals surface area (Å²) in [7, 11) is 1.35. The topological polar surface area (TPSA) is 64.4 Å². The van der Waals surface area contributed by atoms with Crippen molar-refractivity contribution in [2.45, 2.75) is 25.4 Å². The lowest BCUT2D eigenvalue weighted by Gasteiger charge is -2.17. The summed E-state index contributed by atoms with van der Waals surface area (Å²) in [6.45, 7) is 0.975. The lowest BCUT2D eigenvalue weighted by molar-refractivity contribution is -0.141. The second kappa shape index (κ2) is 7.42. The molecule has 28 heavy (non-hydrogen) atoms. The molecule has 4 rings (SSSR count). The van der Waals surface area contributed by atoms with Gasteiger partial charge in [0.1, 0.15) is 18.2 Å². The van der Waals surface area contributed by atoms with Gasteiger partial charge in [0.15, 0.2) is 0 Å². The summed E-state index contributed by atoms with van der Waals surface area (Å²) < 4.78 is 19.8. The van der Waals surface area contributed by atoms with Gasteiger partial charge in [0.2, 0.25) is 5.91 Å². The summed E-state index contributed by atoms with van der Waals surface area (Å²) in [5, 5.41) is 0. The van der Waals surface area contributed by atoms with Crippen molar-refractivity contribution < 1.29 is 18.7 Å². The number of nitrogens with zero attached hydrogens (tertiary/aromatic N) is 3. The molecule has 0 saturated carbocycles. The van der Waals surface area contributed by atoms with Crippen LogP contribution < -0.4 is 0 Å². The number of hydrogen-bond acceptors (Lipinski definition) is 4. The highest BCUT2D eigenvalue weighted by molar-refractivity contribution is 5.82. The molecule has 2 aromatic carbocycles. The highest BCUT2D eigenvalue weighted by Crippen LogP contribution is 2.31. The molecule has 1 fully saturated rings. The molecule has 0 bridgehead atoms. The van der Waals surface area contributed by atoms with Gasteiger partial charge >= 0.3 is 5.97 Å². The molecular weight excluding hydrogens is 361 g/mol. The Bertz CT molecular complexity index is 1030. The monoisotopic (exact) mass is 381 g/mol. The predicted octanol–water partition coefficient (Wildman–Crippen LogP) is 2.86. The number of esters is 1. The van der Waals surface area contributed by atoms with Gasteiger partial charge in [-0.3, -0.25) is 9.59 Å². The minimum Gasteiger partial charge on any atom is -0.468 e. The number of hydrogen-bond donors (Lipinski definition) is 0. The van der Waals surface area contributed by atoms with Gasteiger partial charge in [-0.15, -0.1) is 0 Å². The molecule has 7 heteroatoms. The minimum absolute atomic E-state index is 0.0194. The van der Waals surface area contributed by atoms with Crippen molar-refractivity contribution >= 4 is 22.9 Å². The fraction of sp³-hybridized carbons (Fsp3) is 0.286. The van der Waals surface area contributed by atoms with E-state index in [2.05, 4.69) is 0 Å². The number of halogens is 1. The van der Waals surface area contributed by atoms with E-state index in [0.29, 0.717) is 25.3 Å². The third-order valence-electron chi connectivity index (χ3n) is 5.07. The molecule has 0 radical (unpaired) electrons. The number of amides is 1. The number of para-hydroxylation sites is 2. The summed E-state index contributed by atoms with van der Waals surface area (Å²) in [5.74, 6) is -0.0552. The molecule has 144 valence electrons. The summed E-state index contributed by atoms with van der Waals surface area (Å²) in [6, 6.07) is 13.7. The summed E-state index contributed by atoms with van der Waals surface area (Å²) in [4.78, 5) is 30.9. The first-order valence-corrected chi connectivity index (χ1v) is 9.09. The van der Waals surface area contributed by atoms with E-state index in [-0.39, 0.29) is 30.2 Å². The van der Waals surface area contributed by atoms with Crippen LogP contribution in [-0.4, -0.2) is 40.0 Å². The van der Waals surface area contributed by atoms with Crippen molar-refractivity contribution in [3.05, 3.63) is 65.7 Å². The van der Waals surface area contributed by atoms with Crippen molar-refractivity contribution in [3.8, 4) is 0 Å². The second-order valence-corrected chi connectivity index (χ2v) is 6.92. The number of carbonyl (C=O) groups is 2. The van der Waals surface area contributed by atoms with Crippen LogP contribution >= 0.6 is 0 Å². The smallest absolute Gasteiger partial charge is 0.325 e. The maximum Gasteiger partial charge on any atom is 0.325 e. The zero-order valence-corrected chi connectivity index (χ0v) is 15.5. The van der Waals surface area contributed by atoms with Crippen molar-refractivity contribution in [2.75, 3.05) is 13.7 Å². The van der Waals surface area contributed by atoms with Crippen molar-refractivity contribution in [3.63, 3.8) is 0 Å². The van der Waals surface area contributed by atoms with Crippen LogP contribution in [0.25, 0.3) is 11.0 Å². The Morgan fingerprint density at radius 1 is 1.21 bits per heavy atom. The van der Waals surface area contributed by atoms with Crippen LogP contribution in [-0.2, 0) is 27.4 Å². The Morgan fingerprint density at radius 3 is 2.71 bits per heavy atom. The Kier molecular flexibility index (Phi) is 4.81. The average molecular weight is 381 g/mol. The van der Waals surface area contributed by atoms with Gasteiger partial charge in [-0.2, -0.15) is 0 Å². The SMILES string of the molecule is COC(=O)Cn1c([C@@H]2CC(=O)N(Cc3ccc(F)cc3)C2)nc2ccccc21. The molecule has 1 amide bonds. The predicted molar refractivity (Wildman–Crippen MR) is 101 cm³/mol.